The van der Waals surface area contributed by atoms with Crippen LogP contribution in [-0.4, -0.2) is 36.9 Å². The average Bonchev–Trinajstić information content (AvgIpc) is 3.19. The van der Waals surface area contributed by atoms with Gasteiger partial charge < -0.3 is 9.47 Å². The molecule has 1 saturated heterocycles. The number of sulfone groups is 1. The maximum absolute atomic E-state index is 13.6. The molecular formula is C26H26N2O3S. The summed E-state index contributed by atoms with van der Waals surface area (Å²) in [6, 6.07) is 21.0. The van der Waals surface area contributed by atoms with Gasteiger partial charge in [0.05, 0.1) is 10.6 Å². The number of fused-ring (bicyclic) bond motifs is 2. The Hall–Kier alpha value is -3.12. The van der Waals surface area contributed by atoms with Crippen LogP contribution in [0.2, 0.25) is 0 Å². The lowest BCUT2D eigenvalue weighted by Gasteiger charge is -2.27. The molecular weight excluding hydrogens is 420 g/mol. The van der Waals surface area contributed by atoms with Gasteiger partial charge in [-0.3, -0.25) is 4.79 Å². The number of hydrogen-bond acceptors (Lipinski definition) is 3. The molecule has 0 N–H and O–H groups in total. The van der Waals surface area contributed by atoms with Crippen LogP contribution in [0, 0.1) is 0 Å². The third-order valence-corrected chi connectivity index (χ3v) is 8.01. The van der Waals surface area contributed by atoms with Gasteiger partial charge in [-0.25, -0.2) is 8.42 Å². The number of benzene rings is 3. The molecule has 2 heterocycles. The Kier molecular flexibility index (Phi) is 5.47. The first kappa shape index (κ1) is 20.8. The zero-order chi connectivity index (χ0) is 22.1. The third kappa shape index (κ3) is 3.91. The molecule has 0 atom stereocenters. The normalized spacial score (nSPS) is 14.8. The SMILES string of the molecule is O=C(Cn1cc(S(=O)(=O)Cc2cccc3ccccc23)c2ccccc21)N1CCCCC1. The summed E-state index contributed by atoms with van der Waals surface area (Å²) in [5, 5.41) is 2.64. The number of nitrogens with zero attached hydrogens (tertiary/aromatic N) is 2. The van der Waals surface area contributed by atoms with Gasteiger partial charge in [0, 0.05) is 30.2 Å². The summed E-state index contributed by atoms with van der Waals surface area (Å²) in [5.41, 5.74) is 1.55. The number of likely N-dealkylation sites (tertiary alicyclic amines) is 1. The van der Waals surface area contributed by atoms with Crippen LogP contribution in [0.3, 0.4) is 0 Å². The van der Waals surface area contributed by atoms with E-state index in [4.69, 9.17) is 0 Å². The van der Waals surface area contributed by atoms with Crippen LogP contribution in [0.4, 0.5) is 0 Å². The highest BCUT2D eigenvalue weighted by molar-refractivity contribution is 7.91. The van der Waals surface area contributed by atoms with Gasteiger partial charge in [0.2, 0.25) is 5.91 Å². The summed E-state index contributed by atoms with van der Waals surface area (Å²) in [4.78, 5) is 15.0. The van der Waals surface area contributed by atoms with E-state index < -0.39 is 9.84 Å². The molecule has 32 heavy (non-hydrogen) atoms. The van der Waals surface area contributed by atoms with Crippen molar-refractivity contribution >= 4 is 37.4 Å². The molecule has 1 fully saturated rings. The van der Waals surface area contributed by atoms with Crippen molar-refractivity contribution in [2.75, 3.05) is 13.1 Å². The van der Waals surface area contributed by atoms with E-state index in [1.165, 1.54) is 0 Å². The second-order valence-corrected chi connectivity index (χ2v) is 10.4. The summed E-state index contributed by atoms with van der Waals surface area (Å²) >= 11 is 0. The van der Waals surface area contributed by atoms with Crippen LogP contribution >= 0.6 is 0 Å². The highest BCUT2D eigenvalue weighted by Gasteiger charge is 2.24. The van der Waals surface area contributed by atoms with Crippen molar-refractivity contribution < 1.29 is 13.2 Å². The average molecular weight is 447 g/mol. The zero-order valence-corrected chi connectivity index (χ0v) is 18.7. The van der Waals surface area contributed by atoms with E-state index in [-0.39, 0.29) is 23.1 Å². The van der Waals surface area contributed by atoms with Crippen molar-refractivity contribution in [1.29, 1.82) is 0 Å². The first-order chi connectivity index (χ1) is 15.5. The number of hydrogen-bond donors (Lipinski definition) is 0. The van der Waals surface area contributed by atoms with E-state index >= 15 is 0 Å². The molecule has 1 aliphatic heterocycles. The Bertz CT molecular complexity index is 1390. The molecule has 3 aromatic carbocycles. The molecule has 0 bridgehead atoms. The van der Waals surface area contributed by atoms with Crippen LogP contribution in [0.15, 0.2) is 77.8 Å². The van der Waals surface area contributed by atoms with Gasteiger partial charge in [0.1, 0.15) is 6.54 Å². The van der Waals surface area contributed by atoms with Crippen LogP contribution < -0.4 is 0 Å². The lowest BCUT2D eigenvalue weighted by atomic mass is 10.1. The monoisotopic (exact) mass is 446 g/mol. The van der Waals surface area contributed by atoms with E-state index in [0.717, 1.165) is 54.2 Å². The summed E-state index contributed by atoms with van der Waals surface area (Å²) in [7, 11) is -3.62. The first-order valence-corrected chi connectivity index (χ1v) is 12.7. The van der Waals surface area contributed by atoms with Gasteiger partial charge in [-0.2, -0.15) is 0 Å². The van der Waals surface area contributed by atoms with Crippen LogP contribution in [0.5, 0.6) is 0 Å². The van der Waals surface area contributed by atoms with Crippen molar-refractivity contribution in [2.24, 2.45) is 0 Å². The predicted molar refractivity (Wildman–Crippen MR) is 127 cm³/mol. The fraction of sp³-hybridized carbons (Fsp3) is 0.269. The van der Waals surface area contributed by atoms with Gasteiger partial charge in [0.15, 0.2) is 9.84 Å². The fourth-order valence-electron chi connectivity index (χ4n) is 4.68. The second kappa shape index (κ2) is 8.43. The van der Waals surface area contributed by atoms with Crippen molar-refractivity contribution in [3.05, 3.63) is 78.5 Å². The molecule has 1 aliphatic rings. The Morgan fingerprint density at radius 3 is 2.31 bits per heavy atom. The van der Waals surface area contributed by atoms with Gasteiger partial charge in [0.25, 0.3) is 0 Å². The van der Waals surface area contributed by atoms with Gasteiger partial charge in [-0.05, 0) is 41.7 Å². The standard InChI is InChI=1S/C26H26N2O3S/c29-26(27-15-6-1-7-16-27)18-28-17-25(23-13-4-5-14-24(23)28)32(30,31)19-21-11-8-10-20-9-2-3-12-22(20)21/h2-5,8-14,17H,1,6-7,15-16,18-19H2. The third-order valence-electron chi connectivity index (χ3n) is 6.33. The Balaban J connectivity index is 1.51. The summed E-state index contributed by atoms with van der Waals surface area (Å²) in [5.74, 6) is -0.0361. The number of aromatic nitrogens is 1. The topological polar surface area (TPSA) is 59.4 Å². The number of carbonyl (C=O) groups excluding carboxylic acids is 1. The molecule has 1 aromatic heterocycles. The minimum Gasteiger partial charge on any atom is -0.341 e. The van der Waals surface area contributed by atoms with Crippen LogP contribution in [0.1, 0.15) is 24.8 Å². The number of amides is 1. The number of piperidine rings is 1. The fourth-order valence-corrected chi connectivity index (χ4v) is 6.29. The van der Waals surface area contributed by atoms with Crippen LogP contribution in [-0.2, 0) is 26.9 Å². The molecule has 4 aromatic rings. The molecule has 0 aliphatic carbocycles. The van der Waals surface area contributed by atoms with E-state index in [1.54, 1.807) is 10.8 Å². The van der Waals surface area contributed by atoms with Gasteiger partial charge in [-0.15, -0.1) is 0 Å². The number of rotatable bonds is 5. The van der Waals surface area contributed by atoms with Gasteiger partial charge in [-0.1, -0.05) is 60.7 Å². The Labute approximate surface area is 188 Å². The highest BCUT2D eigenvalue weighted by atomic mass is 32.2. The Morgan fingerprint density at radius 2 is 1.50 bits per heavy atom. The quantitative estimate of drug-likeness (QED) is 0.443. The Morgan fingerprint density at radius 1 is 0.812 bits per heavy atom. The van der Waals surface area contributed by atoms with Gasteiger partial charge >= 0.3 is 0 Å². The zero-order valence-electron chi connectivity index (χ0n) is 17.9. The lowest BCUT2D eigenvalue weighted by Crippen LogP contribution is -2.37. The smallest absolute Gasteiger partial charge is 0.242 e. The van der Waals surface area contributed by atoms with Crippen molar-refractivity contribution in [1.82, 2.24) is 9.47 Å². The van der Waals surface area contributed by atoms with E-state index in [1.807, 2.05) is 71.6 Å². The maximum atomic E-state index is 13.6. The van der Waals surface area contributed by atoms with E-state index in [9.17, 15) is 13.2 Å². The minimum atomic E-state index is -3.62. The molecule has 0 spiro atoms. The largest absolute Gasteiger partial charge is 0.341 e. The number of carbonyl (C=O) groups is 1. The molecule has 5 nitrogen and oxygen atoms in total. The van der Waals surface area contributed by atoms with Crippen molar-refractivity contribution in [3.63, 3.8) is 0 Å². The molecule has 6 heteroatoms. The molecule has 164 valence electrons. The molecule has 5 rings (SSSR count). The summed E-state index contributed by atoms with van der Waals surface area (Å²) in [6.07, 6.45) is 4.87. The second-order valence-electron chi connectivity index (χ2n) is 8.48. The minimum absolute atomic E-state index is 0.0449. The van der Waals surface area contributed by atoms with Crippen molar-refractivity contribution in [2.45, 2.75) is 36.5 Å². The molecule has 0 saturated carbocycles. The predicted octanol–water partition coefficient (Wildman–Crippen LogP) is 4.78. The summed E-state index contributed by atoms with van der Waals surface area (Å²) in [6.45, 7) is 1.72. The first-order valence-electron chi connectivity index (χ1n) is 11.1. The van der Waals surface area contributed by atoms with E-state index in [0.29, 0.717) is 5.39 Å². The van der Waals surface area contributed by atoms with Crippen molar-refractivity contribution in [3.8, 4) is 0 Å². The molecule has 1 amide bonds. The lowest BCUT2D eigenvalue weighted by molar-refractivity contribution is -0.132. The number of para-hydroxylation sites is 1. The molecule has 0 unspecified atom stereocenters. The molecule has 0 radical (unpaired) electrons. The highest BCUT2D eigenvalue weighted by Crippen LogP contribution is 2.30. The van der Waals surface area contributed by atoms with Crippen LogP contribution in [0.25, 0.3) is 21.7 Å². The van der Waals surface area contributed by atoms with E-state index in [2.05, 4.69) is 0 Å². The maximum Gasteiger partial charge on any atom is 0.242 e. The summed E-state index contributed by atoms with van der Waals surface area (Å²) < 4.78 is 28.9.